The van der Waals surface area contributed by atoms with Crippen LogP contribution in [0.3, 0.4) is 0 Å². The second-order valence-electron chi connectivity index (χ2n) is 7.02. The summed E-state index contributed by atoms with van der Waals surface area (Å²) in [6, 6.07) is 11.8. The fraction of sp³-hybridized carbons (Fsp3) is 0.182. The van der Waals surface area contributed by atoms with Gasteiger partial charge in [-0.15, -0.1) is 0 Å². The molecule has 0 atom stereocenters. The zero-order chi connectivity index (χ0) is 23.6. The average Bonchev–Trinajstić information content (AvgIpc) is 3.02. The van der Waals surface area contributed by atoms with Crippen LogP contribution in [0.5, 0.6) is 0 Å². The number of rotatable bonds is 5. The van der Waals surface area contributed by atoms with Gasteiger partial charge in [-0.2, -0.15) is 18.3 Å². The molecule has 0 radical (unpaired) electrons. The molecule has 166 valence electrons. The Morgan fingerprint density at radius 1 is 0.969 bits per heavy atom. The van der Waals surface area contributed by atoms with Crippen LogP contribution in [-0.2, 0) is 15.8 Å². The largest absolute Gasteiger partial charge is 0.418 e. The molecular formula is C22H19F3N4O3. The van der Waals surface area contributed by atoms with Crippen LogP contribution in [0.2, 0.25) is 0 Å². The molecule has 0 bridgehead atoms. The lowest BCUT2D eigenvalue weighted by Crippen LogP contribution is -2.25. The van der Waals surface area contributed by atoms with Crippen LogP contribution in [0.4, 0.5) is 24.5 Å². The number of benzene rings is 2. The van der Waals surface area contributed by atoms with Gasteiger partial charge in [0.1, 0.15) is 0 Å². The fourth-order valence-corrected chi connectivity index (χ4v) is 3.25. The number of ketones is 1. The first-order valence-corrected chi connectivity index (χ1v) is 9.45. The summed E-state index contributed by atoms with van der Waals surface area (Å²) in [4.78, 5) is 36.5. The van der Waals surface area contributed by atoms with Gasteiger partial charge in [-0.3, -0.25) is 14.4 Å². The van der Waals surface area contributed by atoms with Crippen LogP contribution in [0, 0.1) is 13.8 Å². The van der Waals surface area contributed by atoms with Gasteiger partial charge in [0.2, 0.25) is 5.91 Å². The van der Waals surface area contributed by atoms with Crippen molar-refractivity contribution in [1.82, 2.24) is 9.78 Å². The molecule has 2 aromatic carbocycles. The molecule has 10 heteroatoms. The summed E-state index contributed by atoms with van der Waals surface area (Å²) in [5, 5.41) is 8.57. The molecule has 2 amide bonds. The minimum atomic E-state index is -4.83. The minimum absolute atomic E-state index is 0.00905. The molecule has 0 aliphatic rings. The number of nitrogens with one attached hydrogen (secondary N) is 2. The van der Waals surface area contributed by atoms with Gasteiger partial charge >= 0.3 is 6.18 Å². The predicted octanol–water partition coefficient (Wildman–Crippen LogP) is 4.29. The first-order chi connectivity index (χ1) is 15.0. The molecule has 0 fully saturated rings. The van der Waals surface area contributed by atoms with Crippen molar-refractivity contribution in [3.63, 3.8) is 0 Å². The molecule has 1 aromatic heterocycles. The topological polar surface area (TPSA) is 93.1 Å². The average molecular weight is 444 g/mol. The van der Waals surface area contributed by atoms with E-state index in [0.29, 0.717) is 17.4 Å². The van der Waals surface area contributed by atoms with Crippen LogP contribution >= 0.6 is 0 Å². The number of hydrogen-bond acceptors (Lipinski definition) is 4. The maximum atomic E-state index is 13.5. The van der Waals surface area contributed by atoms with Crippen molar-refractivity contribution in [3.05, 3.63) is 71.0 Å². The molecule has 0 saturated heterocycles. The van der Waals surface area contributed by atoms with Gasteiger partial charge in [-0.25, -0.2) is 4.68 Å². The maximum Gasteiger partial charge on any atom is 0.418 e. The maximum absolute atomic E-state index is 13.5. The van der Waals surface area contributed by atoms with Crippen molar-refractivity contribution in [2.24, 2.45) is 0 Å². The summed E-state index contributed by atoms with van der Waals surface area (Å²) in [6.45, 7) is 4.29. The van der Waals surface area contributed by atoms with Crippen LogP contribution in [0.1, 0.15) is 34.2 Å². The number of hydrogen-bond donors (Lipinski definition) is 2. The summed E-state index contributed by atoms with van der Waals surface area (Å²) >= 11 is 0. The molecule has 0 aliphatic heterocycles. The number of halogens is 3. The van der Waals surface area contributed by atoms with Crippen molar-refractivity contribution >= 4 is 29.0 Å². The zero-order valence-corrected chi connectivity index (χ0v) is 17.4. The third-order valence-corrected chi connectivity index (χ3v) is 4.62. The van der Waals surface area contributed by atoms with E-state index >= 15 is 0 Å². The number of anilines is 2. The molecule has 0 unspecified atom stereocenters. The van der Waals surface area contributed by atoms with Crippen molar-refractivity contribution in [2.75, 3.05) is 10.6 Å². The quantitative estimate of drug-likeness (QED) is 0.454. The Morgan fingerprint density at radius 3 is 2.22 bits per heavy atom. The molecule has 0 saturated carbocycles. The summed E-state index contributed by atoms with van der Waals surface area (Å²) in [7, 11) is 0. The number of Topliss-reactive ketones (excluding diaryl/α,β-unsaturated/α-hetero) is 1. The first kappa shape index (κ1) is 22.7. The zero-order valence-electron chi connectivity index (χ0n) is 17.4. The lowest BCUT2D eigenvalue weighted by atomic mass is 10.1. The van der Waals surface area contributed by atoms with Gasteiger partial charge in [0, 0.05) is 12.6 Å². The Labute approximate surface area is 181 Å². The standard InChI is InChI=1S/C22H19F3N4O3/c1-12-19(13(2)29(28-12)16-7-5-4-6-8-16)20(31)21(32)27-18-10-9-15(26-14(3)30)11-17(18)22(23,24)25/h4-11H,1-3H3,(H,26,30)(H,27,32). The Kier molecular flexibility index (Phi) is 6.15. The van der Waals surface area contributed by atoms with Gasteiger partial charge in [0.25, 0.3) is 11.7 Å². The predicted molar refractivity (Wildman–Crippen MR) is 112 cm³/mol. The number of carbonyl (C=O) groups excluding carboxylic acids is 3. The Bertz CT molecular complexity index is 1200. The molecular weight excluding hydrogens is 425 g/mol. The van der Waals surface area contributed by atoms with Gasteiger partial charge < -0.3 is 10.6 Å². The molecule has 1 heterocycles. The molecule has 0 spiro atoms. The second kappa shape index (κ2) is 8.66. The molecule has 2 N–H and O–H groups in total. The smallest absolute Gasteiger partial charge is 0.326 e. The first-order valence-electron chi connectivity index (χ1n) is 9.45. The van der Waals surface area contributed by atoms with E-state index in [0.717, 1.165) is 13.0 Å². The number of alkyl halides is 3. The molecule has 7 nitrogen and oxygen atoms in total. The third-order valence-electron chi connectivity index (χ3n) is 4.62. The number of aromatic nitrogens is 2. The Morgan fingerprint density at radius 2 is 1.62 bits per heavy atom. The van der Waals surface area contributed by atoms with E-state index in [1.807, 2.05) is 11.4 Å². The highest BCUT2D eigenvalue weighted by Gasteiger charge is 2.35. The number of nitrogens with zero attached hydrogens (tertiary/aromatic N) is 2. The Hall–Kier alpha value is -3.95. The van der Waals surface area contributed by atoms with Crippen LogP contribution in [0.25, 0.3) is 5.69 Å². The highest BCUT2D eigenvalue weighted by molar-refractivity contribution is 6.47. The van der Waals surface area contributed by atoms with E-state index in [-0.39, 0.29) is 16.9 Å². The lowest BCUT2D eigenvalue weighted by Gasteiger charge is -2.15. The number of carbonyl (C=O) groups is 3. The van der Waals surface area contributed by atoms with Gasteiger partial charge in [0.05, 0.1) is 33.9 Å². The van der Waals surface area contributed by atoms with Crippen LogP contribution < -0.4 is 10.6 Å². The number of amides is 2. The molecule has 3 aromatic rings. The Balaban J connectivity index is 1.92. The molecule has 32 heavy (non-hydrogen) atoms. The molecule has 3 rings (SSSR count). The summed E-state index contributed by atoms with van der Waals surface area (Å²) < 4.78 is 42.0. The highest BCUT2D eigenvalue weighted by Crippen LogP contribution is 2.36. The summed E-state index contributed by atoms with van der Waals surface area (Å²) in [6.07, 6.45) is -4.83. The van der Waals surface area contributed by atoms with E-state index in [4.69, 9.17) is 0 Å². The SMILES string of the molecule is CC(=O)Nc1ccc(NC(=O)C(=O)c2c(C)nn(-c3ccccc3)c2C)c(C(F)(F)F)c1. The molecule has 0 aliphatic carbocycles. The van der Waals surface area contributed by atoms with Crippen molar-refractivity contribution < 1.29 is 27.6 Å². The number of aryl methyl sites for hydroxylation is 1. The van der Waals surface area contributed by atoms with Crippen molar-refractivity contribution in [3.8, 4) is 5.69 Å². The minimum Gasteiger partial charge on any atom is -0.326 e. The van der Waals surface area contributed by atoms with E-state index in [2.05, 4.69) is 10.4 Å². The van der Waals surface area contributed by atoms with E-state index in [9.17, 15) is 27.6 Å². The van der Waals surface area contributed by atoms with Crippen LogP contribution in [-0.4, -0.2) is 27.4 Å². The van der Waals surface area contributed by atoms with Gasteiger partial charge in [-0.1, -0.05) is 18.2 Å². The summed E-state index contributed by atoms with van der Waals surface area (Å²) in [5.74, 6) is -2.80. The number of para-hydroxylation sites is 1. The fourth-order valence-electron chi connectivity index (χ4n) is 3.25. The normalized spacial score (nSPS) is 11.2. The monoisotopic (exact) mass is 444 g/mol. The van der Waals surface area contributed by atoms with E-state index in [1.165, 1.54) is 17.7 Å². The lowest BCUT2D eigenvalue weighted by molar-refractivity contribution is -0.137. The van der Waals surface area contributed by atoms with Gasteiger partial charge in [0.15, 0.2) is 0 Å². The van der Waals surface area contributed by atoms with E-state index < -0.39 is 35.0 Å². The van der Waals surface area contributed by atoms with Crippen molar-refractivity contribution in [2.45, 2.75) is 26.9 Å². The second-order valence-corrected chi connectivity index (χ2v) is 7.02. The van der Waals surface area contributed by atoms with Gasteiger partial charge in [-0.05, 0) is 44.2 Å². The third kappa shape index (κ3) is 4.69. The summed E-state index contributed by atoms with van der Waals surface area (Å²) in [5.41, 5.74) is -0.566. The van der Waals surface area contributed by atoms with E-state index in [1.54, 1.807) is 31.2 Å². The highest BCUT2D eigenvalue weighted by atomic mass is 19.4. The van der Waals surface area contributed by atoms with Crippen LogP contribution in [0.15, 0.2) is 48.5 Å². The van der Waals surface area contributed by atoms with Crippen molar-refractivity contribution in [1.29, 1.82) is 0 Å².